The van der Waals surface area contributed by atoms with Crippen molar-refractivity contribution in [2.24, 2.45) is 0 Å². The van der Waals surface area contributed by atoms with Crippen LogP contribution in [0.2, 0.25) is 0 Å². The highest BCUT2D eigenvalue weighted by molar-refractivity contribution is 7.89. The van der Waals surface area contributed by atoms with Gasteiger partial charge in [-0.25, -0.2) is 13.1 Å². The molecule has 6 heteroatoms. The van der Waals surface area contributed by atoms with E-state index < -0.39 is 10.0 Å². The van der Waals surface area contributed by atoms with Gasteiger partial charge in [0.1, 0.15) is 0 Å². The molecule has 0 aliphatic carbocycles. The Bertz CT molecular complexity index is 679. The maximum Gasteiger partial charge on any atom is 0.241 e. The number of furan rings is 1. The predicted molar refractivity (Wildman–Crippen MR) is 81.3 cm³/mol. The summed E-state index contributed by atoms with van der Waals surface area (Å²) in [6.07, 6.45) is 3.72. The minimum Gasteiger partial charge on any atom is -0.472 e. The van der Waals surface area contributed by atoms with E-state index in [4.69, 9.17) is 4.42 Å². The Morgan fingerprint density at radius 2 is 1.95 bits per heavy atom. The van der Waals surface area contributed by atoms with Crippen LogP contribution in [0.15, 0.2) is 46.1 Å². The van der Waals surface area contributed by atoms with Crippen LogP contribution in [-0.4, -0.2) is 15.5 Å². The number of benzene rings is 1. The van der Waals surface area contributed by atoms with Crippen molar-refractivity contribution in [3.63, 3.8) is 0 Å². The summed E-state index contributed by atoms with van der Waals surface area (Å²) in [6.45, 7) is 2.80. The normalized spacial score (nSPS) is 11.7. The van der Waals surface area contributed by atoms with E-state index in [1.165, 1.54) is 12.5 Å². The molecule has 0 radical (unpaired) electrons. The summed E-state index contributed by atoms with van der Waals surface area (Å²) in [4.78, 5) is 0.348. The monoisotopic (exact) mass is 308 g/mol. The van der Waals surface area contributed by atoms with Crippen LogP contribution >= 0.6 is 0 Å². The van der Waals surface area contributed by atoms with Gasteiger partial charge in [-0.1, -0.05) is 19.1 Å². The molecule has 1 heterocycles. The largest absolute Gasteiger partial charge is 0.472 e. The number of nitrogens with one attached hydrogen (secondary N) is 2. The average Bonchev–Trinajstić information content (AvgIpc) is 2.99. The van der Waals surface area contributed by atoms with Crippen molar-refractivity contribution in [3.05, 3.63) is 53.5 Å². The molecule has 0 amide bonds. The average molecular weight is 308 g/mol. The van der Waals surface area contributed by atoms with Crippen molar-refractivity contribution in [2.75, 3.05) is 7.05 Å². The lowest BCUT2D eigenvalue weighted by Crippen LogP contribution is -2.24. The quantitative estimate of drug-likeness (QED) is 0.821. The molecule has 0 saturated heterocycles. The molecule has 114 valence electrons. The number of aryl methyl sites for hydroxylation is 1. The minimum atomic E-state index is -3.54. The molecule has 5 nitrogen and oxygen atoms in total. The molecule has 21 heavy (non-hydrogen) atoms. The van der Waals surface area contributed by atoms with Crippen molar-refractivity contribution < 1.29 is 12.8 Å². The van der Waals surface area contributed by atoms with Crippen LogP contribution in [0.4, 0.5) is 0 Å². The van der Waals surface area contributed by atoms with Crippen LogP contribution in [-0.2, 0) is 29.5 Å². The van der Waals surface area contributed by atoms with Crippen LogP contribution in [0.1, 0.15) is 23.6 Å². The van der Waals surface area contributed by atoms with Gasteiger partial charge in [-0.05, 0) is 36.7 Å². The molecular formula is C15H20N2O3S. The lowest BCUT2D eigenvalue weighted by molar-refractivity contribution is 0.561. The van der Waals surface area contributed by atoms with E-state index in [0.717, 1.165) is 16.7 Å². The van der Waals surface area contributed by atoms with E-state index in [0.29, 0.717) is 17.9 Å². The van der Waals surface area contributed by atoms with Crippen LogP contribution < -0.4 is 10.0 Å². The van der Waals surface area contributed by atoms with Gasteiger partial charge < -0.3 is 9.73 Å². The van der Waals surface area contributed by atoms with Gasteiger partial charge in [-0.2, -0.15) is 0 Å². The molecule has 2 rings (SSSR count). The van der Waals surface area contributed by atoms with Gasteiger partial charge in [0.15, 0.2) is 0 Å². The van der Waals surface area contributed by atoms with Crippen molar-refractivity contribution >= 4 is 10.0 Å². The number of hydrogen-bond acceptors (Lipinski definition) is 4. The third-order valence-corrected chi connectivity index (χ3v) is 4.71. The van der Waals surface area contributed by atoms with Crippen LogP contribution in [0, 0.1) is 0 Å². The molecule has 1 aromatic carbocycles. The SMILES string of the molecule is CCc1ccc(CNC)cc1S(=O)(=O)NCc1ccoc1. The maximum atomic E-state index is 12.5. The summed E-state index contributed by atoms with van der Waals surface area (Å²) in [5, 5.41) is 3.03. The predicted octanol–water partition coefficient (Wildman–Crippen LogP) is 2.04. The van der Waals surface area contributed by atoms with Gasteiger partial charge in [0.25, 0.3) is 0 Å². The van der Waals surface area contributed by atoms with Crippen molar-refractivity contribution in [1.29, 1.82) is 0 Å². The Morgan fingerprint density at radius 1 is 1.14 bits per heavy atom. The molecule has 0 atom stereocenters. The maximum absolute atomic E-state index is 12.5. The molecule has 0 fully saturated rings. The Labute approximate surface area is 125 Å². The van der Waals surface area contributed by atoms with Gasteiger partial charge in [0, 0.05) is 18.7 Å². The number of rotatable bonds is 7. The zero-order valence-electron chi connectivity index (χ0n) is 12.2. The van der Waals surface area contributed by atoms with Crippen LogP contribution in [0.5, 0.6) is 0 Å². The molecule has 0 spiro atoms. The smallest absolute Gasteiger partial charge is 0.241 e. The molecule has 1 aromatic heterocycles. The molecule has 2 N–H and O–H groups in total. The fourth-order valence-corrected chi connectivity index (χ4v) is 3.48. The summed E-state index contributed by atoms with van der Waals surface area (Å²) >= 11 is 0. The zero-order valence-corrected chi connectivity index (χ0v) is 13.0. The Hall–Kier alpha value is -1.63. The van der Waals surface area contributed by atoms with Crippen LogP contribution in [0.3, 0.4) is 0 Å². The van der Waals surface area contributed by atoms with Crippen molar-refractivity contribution in [1.82, 2.24) is 10.0 Å². The summed E-state index contributed by atoms with van der Waals surface area (Å²) in [6, 6.07) is 7.29. The van der Waals surface area contributed by atoms with E-state index in [-0.39, 0.29) is 6.54 Å². The first-order chi connectivity index (χ1) is 10.1. The van der Waals surface area contributed by atoms with Crippen LogP contribution in [0.25, 0.3) is 0 Å². The lowest BCUT2D eigenvalue weighted by Gasteiger charge is -2.12. The summed E-state index contributed by atoms with van der Waals surface area (Å²) < 4.78 is 32.6. The number of sulfonamides is 1. The van der Waals surface area contributed by atoms with E-state index in [2.05, 4.69) is 10.0 Å². The first-order valence-electron chi connectivity index (χ1n) is 6.84. The second kappa shape index (κ2) is 6.89. The number of hydrogen-bond donors (Lipinski definition) is 2. The molecule has 2 aromatic rings. The highest BCUT2D eigenvalue weighted by atomic mass is 32.2. The standard InChI is InChI=1S/C15H20N2O3S/c1-3-14-5-4-12(9-16-2)8-15(14)21(18,19)17-10-13-6-7-20-11-13/h4-8,11,16-17H,3,9-10H2,1-2H3. The van der Waals surface area contributed by atoms with E-state index in [1.54, 1.807) is 12.1 Å². The molecule has 0 bridgehead atoms. The first-order valence-corrected chi connectivity index (χ1v) is 8.32. The van der Waals surface area contributed by atoms with E-state index >= 15 is 0 Å². The third kappa shape index (κ3) is 3.93. The molecule has 0 saturated carbocycles. The van der Waals surface area contributed by atoms with Gasteiger partial charge in [0.05, 0.1) is 17.4 Å². The Kier molecular flexibility index (Phi) is 5.17. The summed E-state index contributed by atoms with van der Waals surface area (Å²) in [5.41, 5.74) is 2.55. The zero-order chi connectivity index (χ0) is 15.3. The minimum absolute atomic E-state index is 0.220. The van der Waals surface area contributed by atoms with E-state index in [1.807, 2.05) is 26.1 Å². The first kappa shape index (κ1) is 15.8. The van der Waals surface area contributed by atoms with Gasteiger partial charge in [0.2, 0.25) is 10.0 Å². The van der Waals surface area contributed by atoms with E-state index in [9.17, 15) is 8.42 Å². The lowest BCUT2D eigenvalue weighted by atomic mass is 10.1. The second-order valence-electron chi connectivity index (χ2n) is 4.78. The third-order valence-electron chi connectivity index (χ3n) is 3.23. The molecule has 0 unspecified atom stereocenters. The van der Waals surface area contributed by atoms with Gasteiger partial charge in [-0.3, -0.25) is 0 Å². The van der Waals surface area contributed by atoms with Crippen molar-refractivity contribution in [2.45, 2.75) is 31.3 Å². The van der Waals surface area contributed by atoms with Gasteiger partial charge >= 0.3 is 0 Å². The Balaban J connectivity index is 2.26. The van der Waals surface area contributed by atoms with Crippen molar-refractivity contribution in [3.8, 4) is 0 Å². The molecule has 0 aliphatic rings. The summed E-state index contributed by atoms with van der Waals surface area (Å²) in [5.74, 6) is 0. The summed E-state index contributed by atoms with van der Waals surface area (Å²) in [7, 11) is -1.71. The fourth-order valence-electron chi connectivity index (χ4n) is 2.10. The highest BCUT2D eigenvalue weighted by Gasteiger charge is 2.18. The Morgan fingerprint density at radius 3 is 2.57 bits per heavy atom. The second-order valence-corrected chi connectivity index (χ2v) is 6.52. The highest BCUT2D eigenvalue weighted by Crippen LogP contribution is 2.19. The molecule has 0 aliphatic heterocycles. The topological polar surface area (TPSA) is 71.3 Å². The van der Waals surface area contributed by atoms with Gasteiger partial charge in [-0.15, -0.1) is 0 Å². The molecular weight excluding hydrogens is 288 g/mol. The fraction of sp³-hybridized carbons (Fsp3) is 0.333.